The monoisotopic (exact) mass is 228 g/mol. The summed E-state index contributed by atoms with van der Waals surface area (Å²) in [5.74, 6) is -0.575. The Morgan fingerprint density at radius 3 is 2.40 bits per heavy atom. The van der Waals surface area contributed by atoms with E-state index in [4.69, 9.17) is 11.6 Å². The summed E-state index contributed by atoms with van der Waals surface area (Å²) in [5.41, 5.74) is 0.764. The van der Waals surface area contributed by atoms with Gasteiger partial charge in [-0.25, -0.2) is 4.39 Å². The Bertz CT molecular complexity index is 374. The Morgan fingerprint density at radius 1 is 1.33 bits per heavy atom. The van der Waals surface area contributed by atoms with E-state index in [1.54, 1.807) is 6.07 Å². The molecule has 1 aromatic carbocycles. The van der Waals surface area contributed by atoms with Gasteiger partial charge in [-0.2, -0.15) is 0 Å². The highest BCUT2D eigenvalue weighted by molar-refractivity contribution is 6.30. The van der Waals surface area contributed by atoms with Crippen LogP contribution in [0.25, 0.3) is 0 Å². The van der Waals surface area contributed by atoms with Gasteiger partial charge >= 0.3 is 0 Å². The van der Waals surface area contributed by atoms with Crippen LogP contribution in [-0.4, -0.2) is 5.78 Å². The molecule has 0 spiro atoms. The lowest BCUT2D eigenvalue weighted by molar-refractivity contribution is -0.123. The smallest absolute Gasteiger partial charge is 0.142 e. The highest BCUT2D eigenvalue weighted by Gasteiger charge is 2.18. The van der Waals surface area contributed by atoms with Crippen molar-refractivity contribution in [2.75, 3.05) is 0 Å². The molecule has 1 rings (SSSR count). The maximum Gasteiger partial charge on any atom is 0.142 e. The van der Waals surface area contributed by atoms with Crippen molar-refractivity contribution in [1.82, 2.24) is 0 Å². The number of carbonyl (C=O) groups is 1. The van der Waals surface area contributed by atoms with Crippen LogP contribution < -0.4 is 0 Å². The molecule has 0 N–H and O–H groups in total. The normalized spacial score (nSPS) is 12.9. The Labute approximate surface area is 94.3 Å². The summed E-state index contributed by atoms with van der Waals surface area (Å²) >= 11 is 5.66. The van der Waals surface area contributed by atoms with Crippen molar-refractivity contribution in [1.29, 1.82) is 0 Å². The highest BCUT2D eigenvalue weighted by Crippen LogP contribution is 2.24. The lowest BCUT2D eigenvalue weighted by Gasteiger charge is -2.13. The first kappa shape index (κ1) is 12.2. The van der Waals surface area contributed by atoms with E-state index in [1.807, 2.05) is 20.8 Å². The molecule has 0 saturated heterocycles. The summed E-state index contributed by atoms with van der Waals surface area (Å²) in [5, 5.41) is 0.0657. The van der Waals surface area contributed by atoms with Crippen LogP contribution in [0.15, 0.2) is 18.2 Å². The maximum absolute atomic E-state index is 12.9. The summed E-state index contributed by atoms with van der Waals surface area (Å²) < 4.78 is 12.9. The van der Waals surface area contributed by atoms with Crippen LogP contribution in [0.5, 0.6) is 0 Å². The number of hydrogen-bond donors (Lipinski definition) is 0. The van der Waals surface area contributed by atoms with E-state index in [1.165, 1.54) is 12.1 Å². The van der Waals surface area contributed by atoms with Crippen molar-refractivity contribution in [2.24, 2.45) is 5.92 Å². The van der Waals surface area contributed by atoms with Crippen LogP contribution in [0.2, 0.25) is 5.02 Å². The zero-order chi connectivity index (χ0) is 11.6. The van der Waals surface area contributed by atoms with Gasteiger partial charge in [-0.3, -0.25) is 4.79 Å². The molecule has 1 atom stereocenters. The Morgan fingerprint density at radius 2 is 1.93 bits per heavy atom. The highest BCUT2D eigenvalue weighted by atomic mass is 35.5. The van der Waals surface area contributed by atoms with E-state index in [2.05, 4.69) is 0 Å². The van der Waals surface area contributed by atoms with Crippen LogP contribution in [0.3, 0.4) is 0 Å². The van der Waals surface area contributed by atoms with E-state index in [-0.39, 0.29) is 22.6 Å². The van der Waals surface area contributed by atoms with E-state index in [0.717, 1.165) is 5.56 Å². The number of halogens is 2. The fourth-order valence-corrected chi connectivity index (χ4v) is 1.63. The molecule has 15 heavy (non-hydrogen) atoms. The second-order valence-corrected chi connectivity index (χ2v) is 4.36. The Balaban J connectivity index is 2.97. The molecule has 0 aromatic heterocycles. The number of ketones is 1. The first-order chi connectivity index (χ1) is 6.93. The van der Waals surface area contributed by atoms with Crippen LogP contribution in [0, 0.1) is 11.7 Å². The van der Waals surface area contributed by atoms with Gasteiger partial charge in [-0.05, 0) is 17.7 Å². The largest absolute Gasteiger partial charge is 0.299 e. The molecule has 0 saturated carbocycles. The molecule has 0 amide bonds. The minimum atomic E-state index is -0.454. The molecular formula is C12H14ClFO. The maximum atomic E-state index is 12.9. The van der Waals surface area contributed by atoms with E-state index in [0.29, 0.717) is 0 Å². The number of hydrogen-bond acceptors (Lipinski definition) is 1. The fourth-order valence-electron chi connectivity index (χ4n) is 1.45. The van der Waals surface area contributed by atoms with Crippen molar-refractivity contribution >= 4 is 17.4 Å². The Hall–Kier alpha value is -0.890. The van der Waals surface area contributed by atoms with Crippen LogP contribution in [0.4, 0.5) is 4.39 Å². The van der Waals surface area contributed by atoms with Gasteiger partial charge in [0.05, 0.1) is 5.02 Å². The van der Waals surface area contributed by atoms with Crippen LogP contribution in [0.1, 0.15) is 32.3 Å². The van der Waals surface area contributed by atoms with Gasteiger partial charge in [0, 0.05) is 11.8 Å². The molecule has 0 radical (unpaired) electrons. The van der Waals surface area contributed by atoms with Gasteiger partial charge in [0.15, 0.2) is 0 Å². The summed E-state index contributed by atoms with van der Waals surface area (Å²) in [7, 11) is 0. The molecule has 0 aliphatic rings. The fraction of sp³-hybridized carbons (Fsp3) is 0.417. The molecule has 0 bridgehead atoms. The standard InChI is InChI=1S/C12H14ClFO/c1-7(2)12(15)8(3)9-4-5-11(14)10(13)6-9/h4-8H,1-3H3. The quantitative estimate of drug-likeness (QED) is 0.769. The third kappa shape index (κ3) is 2.78. The molecule has 0 aliphatic carbocycles. The molecule has 3 heteroatoms. The zero-order valence-electron chi connectivity index (χ0n) is 9.05. The van der Waals surface area contributed by atoms with Gasteiger partial charge in [0.1, 0.15) is 11.6 Å². The van der Waals surface area contributed by atoms with E-state index >= 15 is 0 Å². The molecule has 1 aromatic rings. The van der Waals surface area contributed by atoms with E-state index in [9.17, 15) is 9.18 Å². The van der Waals surface area contributed by atoms with Gasteiger partial charge in [-0.1, -0.05) is 38.4 Å². The average Bonchev–Trinajstić information content (AvgIpc) is 2.19. The summed E-state index contributed by atoms with van der Waals surface area (Å²) in [4.78, 5) is 11.7. The molecule has 0 aliphatic heterocycles. The van der Waals surface area contributed by atoms with Crippen molar-refractivity contribution in [2.45, 2.75) is 26.7 Å². The SMILES string of the molecule is CC(C)C(=O)C(C)c1ccc(F)c(Cl)c1. The molecule has 1 unspecified atom stereocenters. The van der Waals surface area contributed by atoms with Gasteiger partial charge < -0.3 is 0 Å². The minimum Gasteiger partial charge on any atom is -0.299 e. The molecular weight excluding hydrogens is 215 g/mol. The number of rotatable bonds is 3. The number of benzene rings is 1. The van der Waals surface area contributed by atoms with Crippen molar-refractivity contribution in [3.63, 3.8) is 0 Å². The lowest BCUT2D eigenvalue weighted by Crippen LogP contribution is -2.15. The van der Waals surface area contributed by atoms with Crippen LogP contribution >= 0.6 is 11.6 Å². The third-order valence-electron chi connectivity index (χ3n) is 2.44. The summed E-state index contributed by atoms with van der Waals surface area (Å²) in [6.07, 6.45) is 0. The topological polar surface area (TPSA) is 17.1 Å². The minimum absolute atomic E-state index is 0.0242. The number of carbonyl (C=O) groups excluding carboxylic acids is 1. The first-order valence-electron chi connectivity index (χ1n) is 4.92. The molecule has 0 heterocycles. The van der Waals surface area contributed by atoms with Crippen molar-refractivity contribution < 1.29 is 9.18 Å². The van der Waals surface area contributed by atoms with Crippen LogP contribution in [-0.2, 0) is 4.79 Å². The summed E-state index contributed by atoms with van der Waals surface area (Å²) in [6.45, 7) is 5.51. The first-order valence-corrected chi connectivity index (χ1v) is 5.30. The average molecular weight is 229 g/mol. The van der Waals surface area contributed by atoms with Crippen molar-refractivity contribution in [3.8, 4) is 0 Å². The third-order valence-corrected chi connectivity index (χ3v) is 2.73. The van der Waals surface area contributed by atoms with Gasteiger partial charge in [-0.15, -0.1) is 0 Å². The van der Waals surface area contributed by atoms with Gasteiger partial charge in [0.25, 0.3) is 0 Å². The number of Topliss-reactive ketones (excluding diaryl/α,β-unsaturated/α-hetero) is 1. The predicted molar refractivity (Wildman–Crippen MR) is 59.7 cm³/mol. The lowest BCUT2D eigenvalue weighted by atomic mass is 9.90. The van der Waals surface area contributed by atoms with Gasteiger partial charge in [0.2, 0.25) is 0 Å². The molecule has 1 nitrogen and oxygen atoms in total. The second-order valence-electron chi connectivity index (χ2n) is 3.95. The van der Waals surface area contributed by atoms with Crippen molar-refractivity contribution in [3.05, 3.63) is 34.6 Å². The second kappa shape index (κ2) is 4.75. The summed E-state index contributed by atoms with van der Waals surface area (Å²) in [6, 6.07) is 4.41. The molecule has 82 valence electrons. The predicted octanol–water partition coefficient (Wildman–Crippen LogP) is 3.81. The zero-order valence-corrected chi connectivity index (χ0v) is 9.81. The Kier molecular flexibility index (Phi) is 3.86. The molecule has 0 fully saturated rings. The van der Waals surface area contributed by atoms with E-state index < -0.39 is 5.82 Å².